The Morgan fingerprint density at radius 2 is 2.29 bits per heavy atom. The van der Waals surface area contributed by atoms with Crippen LogP contribution in [0.4, 0.5) is 5.82 Å². The van der Waals surface area contributed by atoms with E-state index < -0.39 is 0 Å². The molecular formula is C12H20N4O. The first-order valence-electron chi connectivity index (χ1n) is 5.86. The lowest BCUT2D eigenvalue weighted by Gasteiger charge is -2.24. The third-order valence-electron chi connectivity index (χ3n) is 2.53. The summed E-state index contributed by atoms with van der Waals surface area (Å²) in [6, 6.07) is 3.54. The summed E-state index contributed by atoms with van der Waals surface area (Å²) in [5, 5.41) is 16.6. The van der Waals surface area contributed by atoms with Gasteiger partial charge in [-0.25, -0.2) is 4.98 Å². The van der Waals surface area contributed by atoms with E-state index in [0.717, 1.165) is 19.4 Å². The van der Waals surface area contributed by atoms with Crippen molar-refractivity contribution in [2.45, 2.75) is 19.8 Å². The van der Waals surface area contributed by atoms with Crippen LogP contribution in [0.1, 0.15) is 25.3 Å². The van der Waals surface area contributed by atoms with Gasteiger partial charge in [-0.05, 0) is 18.6 Å². The Hall–Kier alpha value is -1.62. The van der Waals surface area contributed by atoms with Gasteiger partial charge in [-0.15, -0.1) is 0 Å². The summed E-state index contributed by atoms with van der Waals surface area (Å²) in [6.45, 7) is 3.50. The van der Waals surface area contributed by atoms with Gasteiger partial charge in [-0.1, -0.05) is 13.3 Å². The van der Waals surface area contributed by atoms with E-state index in [1.165, 1.54) is 0 Å². The number of unbranched alkanes of at least 4 members (excludes halogenated alkanes) is 1. The molecule has 0 saturated carbocycles. The molecular weight excluding hydrogens is 216 g/mol. The van der Waals surface area contributed by atoms with Crippen molar-refractivity contribution in [3.63, 3.8) is 0 Å². The minimum absolute atomic E-state index is 0.00698. The Morgan fingerprint density at radius 3 is 2.88 bits per heavy atom. The predicted molar refractivity (Wildman–Crippen MR) is 69.5 cm³/mol. The summed E-state index contributed by atoms with van der Waals surface area (Å²) in [4.78, 5) is 6.24. The first kappa shape index (κ1) is 13.4. The number of rotatable bonds is 7. The van der Waals surface area contributed by atoms with Gasteiger partial charge in [0.1, 0.15) is 11.7 Å². The minimum atomic E-state index is 0.00698. The second-order valence-corrected chi connectivity index (χ2v) is 3.85. The number of hydrogen-bond acceptors (Lipinski definition) is 4. The second-order valence-electron chi connectivity index (χ2n) is 3.85. The maximum Gasteiger partial charge on any atom is 0.139 e. The Morgan fingerprint density at radius 1 is 1.53 bits per heavy atom. The van der Waals surface area contributed by atoms with Crippen LogP contribution < -0.4 is 10.6 Å². The van der Waals surface area contributed by atoms with E-state index in [-0.39, 0.29) is 12.4 Å². The van der Waals surface area contributed by atoms with Gasteiger partial charge in [0.2, 0.25) is 0 Å². The Bertz CT molecular complexity index is 367. The number of nitrogens with one attached hydrogen (secondary N) is 1. The average molecular weight is 236 g/mol. The molecule has 0 aliphatic heterocycles. The highest BCUT2D eigenvalue weighted by molar-refractivity contribution is 5.99. The van der Waals surface area contributed by atoms with Crippen molar-refractivity contribution in [1.29, 1.82) is 5.41 Å². The highest BCUT2D eigenvalue weighted by Gasteiger charge is 2.13. The molecule has 0 fully saturated rings. The smallest absolute Gasteiger partial charge is 0.139 e. The number of aliphatic hydroxyl groups excluding tert-OH is 1. The topological polar surface area (TPSA) is 86.2 Å². The Labute approximate surface area is 102 Å². The first-order chi connectivity index (χ1) is 8.20. The van der Waals surface area contributed by atoms with Gasteiger partial charge < -0.3 is 15.7 Å². The molecule has 94 valence electrons. The van der Waals surface area contributed by atoms with Crippen LogP contribution in [0.2, 0.25) is 0 Å². The molecule has 0 radical (unpaired) electrons. The SMILES string of the molecule is CCCCN(CCO)c1ncccc1C(=N)N. The van der Waals surface area contributed by atoms with Crippen LogP contribution in [-0.4, -0.2) is 35.6 Å². The molecule has 1 aromatic rings. The fourth-order valence-electron chi connectivity index (χ4n) is 1.65. The van der Waals surface area contributed by atoms with Gasteiger partial charge in [0, 0.05) is 19.3 Å². The number of anilines is 1. The molecule has 1 rings (SSSR count). The van der Waals surface area contributed by atoms with Crippen molar-refractivity contribution >= 4 is 11.7 Å². The number of nitrogens with zero attached hydrogens (tertiary/aromatic N) is 2. The molecule has 0 aromatic carbocycles. The first-order valence-corrected chi connectivity index (χ1v) is 5.86. The van der Waals surface area contributed by atoms with Crippen LogP contribution in [0.3, 0.4) is 0 Å². The summed E-state index contributed by atoms with van der Waals surface area (Å²) in [5.41, 5.74) is 6.15. The van der Waals surface area contributed by atoms with Crippen LogP contribution >= 0.6 is 0 Å². The van der Waals surface area contributed by atoms with E-state index in [1.54, 1.807) is 18.3 Å². The molecule has 0 spiro atoms. The summed E-state index contributed by atoms with van der Waals surface area (Å²) < 4.78 is 0. The highest BCUT2D eigenvalue weighted by atomic mass is 16.3. The van der Waals surface area contributed by atoms with Crippen molar-refractivity contribution in [3.8, 4) is 0 Å². The normalized spacial score (nSPS) is 10.2. The Kier molecular flexibility index (Phi) is 5.42. The third-order valence-corrected chi connectivity index (χ3v) is 2.53. The van der Waals surface area contributed by atoms with Crippen molar-refractivity contribution in [1.82, 2.24) is 4.98 Å². The van der Waals surface area contributed by atoms with Crippen molar-refractivity contribution in [2.24, 2.45) is 5.73 Å². The van der Waals surface area contributed by atoms with E-state index in [9.17, 15) is 0 Å². The molecule has 5 heteroatoms. The standard InChI is InChI=1S/C12H20N4O/c1-2-3-7-16(8-9-17)12-10(11(13)14)5-4-6-15-12/h4-6,17H,2-3,7-9H2,1H3,(H3,13,14). The van der Waals surface area contributed by atoms with E-state index in [1.807, 2.05) is 4.90 Å². The monoisotopic (exact) mass is 236 g/mol. The number of pyridine rings is 1. The Balaban J connectivity index is 2.95. The molecule has 0 aliphatic carbocycles. The van der Waals surface area contributed by atoms with Gasteiger partial charge in [0.05, 0.1) is 12.2 Å². The lowest BCUT2D eigenvalue weighted by Crippen LogP contribution is -2.31. The number of aliphatic hydroxyl groups is 1. The minimum Gasteiger partial charge on any atom is -0.395 e. The van der Waals surface area contributed by atoms with Crippen LogP contribution in [-0.2, 0) is 0 Å². The zero-order valence-corrected chi connectivity index (χ0v) is 10.2. The molecule has 1 aromatic heterocycles. The van der Waals surface area contributed by atoms with Crippen LogP contribution in [0.25, 0.3) is 0 Å². The zero-order chi connectivity index (χ0) is 12.7. The summed E-state index contributed by atoms with van der Waals surface area (Å²) in [5.74, 6) is 0.690. The molecule has 1 heterocycles. The van der Waals surface area contributed by atoms with Gasteiger partial charge in [0.15, 0.2) is 0 Å². The maximum absolute atomic E-state index is 9.07. The number of nitrogens with two attached hydrogens (primary N) is 1. The lowest BCUT2D eigenvalue weighted by molar-refractivity contribution is 0.301. The molecule has 4 N–H and O–H groups in total. The fourth-order valence-corrected chi connectivity index (χ4v) is 1.65. The lowest BCUT2D eigenvalue weighted by atomic mass is 10.2. The molecule has 0 unspecified atom stereocenters. The summed E-state index contributed by atoms with van der Waals surface area (Å²) in [6.07, 6.45) is 3.77. The molecule has 17 heavy (non-hydrogen) atoms. The number of amidine groups is 1. The molecule has 0 amide bonds. The molecule has 0 saturated heterocycles. The van der Waals surface area contributed by atoms with E-state index in [0.29, 0.717) is 17.9 Å². The van der Waals surface area contributed by atoms with Crippen molar-refractivity contribution < 1.29 is 5.11 Å². The molecule has 0 atom stereocenters. The predicted octanol–water partition coefficient (Wildman–Crippen LogP) is 0.964. The van der Waals surface area contributed by atoms with Crippen LogP contribution in [0, 0.1) is 5.41 Å². The highest BCUT2D eigenvalue weighted by Crippen LogP contribution is 2.16. The second kappa shape index (κ2) is 6.85. The molecule has 5 nitrogen and oxygen atoms in total. The zero-order valence-electron chi connectivity index (χ0n) is 10.2. The van der Waals surface area contributed by atoms with Gasteiger partial charge in [0.25, 0.3) is 0 Å². The summed E-state index contributed by atoms with van der Waals surface area (Å²) in [7, 11) is 0. The third kappa shape index (κ3) is 3.71. The quantitative estimate of drug-likeness (QED) is 0.486. The van der Waals surface area contributed by atoms with Gasteiger partial charge >= 0.3 is 0 Å². The number of hydrogen-bond donors (Lipinski definition) is 3. The van der Waals surface area contributed by atoms with Crippen LogP contribution in [0.5, 0.6) is 0 Å². The molecule has 0 bridgehead atoms. The van der Waals surface area contributed by atoms with E-state index >= 15 is 0 Å². The fraction of sp³-hybridized carbons (Fsp3) is 0.500. The van der Waals surface area contributed by atoms with E-state index in [2.05, 4.69) is 11.9 Å². The van der Waals surface area contributed by atoms with Crippen LogP contribution in [0.15, 0.2) is 18.3 Å². The average Bonchev–Trinajstić information content (AvgIpc) is 2.34. The number of aromatic nitrogens is 1. The largest absolute Gasteiger partial charge is 0.395 e. The van der Waals surface area contributed by atoms with Crippen molar-refractivity contribution in [2.75, 3.05) is 24.6 Å². The maximum atomic E-state index is 9.07. The van der Waals surface area contributed by atoms with Crippen molar-refractivity contribution in [3.05, 3.63) is 23.9 Å². The summed E-state index contributed by atoms with van der Waals surface area (Å²) >= 11 is 0. The van der Waals surface area contributed by atoms with Gasteiger partial charge in [-0.2, -0.15) is 0 Å². The number of nitrogen functional groups attached to an aromatic ring is 1. The van der Waals surface area contributed by atoms with E-state index in [4.69, 9.17) is 16.2 Å². The van der Waals surface area contributed by atoms with Gasteiger partial charge in [-0.3, -0.25) is 5.41 Å². The molecule has 0 aliphatic rings.